The lowest BCUT2D eigenvalue weighted by molar-refractivity contribution is 0.0788. The molecule has 0 unspecified atom stereocenters. The van der Waals surface area contributed by atoms with Crippen LogP contribution >= 0.6 is 22.9 Å². The zero-order chi connectivity index (χ0) is 19.5. The lowest BCUT2D eigenvalue weighted by atomic mass is 10.2. The number of nitrogens with zero attached hydrogens (tertiary/aromatic N) is 2. The Kier molecular flexibility index (Phi) is 5.59. The summed E-state index contributed by atoms with van der Waals surface area (Å²) >= 11 is 7.80. The topological polar surface area (TPSA) is 42.4 Å². The van der Waals surface area contributed by atoms with E-state index in [9.17, 15) is 9.18 Å². The van der Waals surface area contributed by atoms with E-state index in [-0.39, 0.29) is 18.3 Å². The summed E-state index contributed by atoms with van der Waals surface area (Å²) in [4.78, 5) is 18.8. The van der Waals surface area contributed by atoms with E-state index in [1.165, 1.54) is 17.4 Å². The number of rotatable bonds is 5. The average Bonchev–Trinajstić information content (AvgIpc) is 3.39. The van der Waals surface area contributed by atoms with E-state index in [0.29, 0.717) is 27.0 Å². The smallest absolute Gasteiger partial charge is 0.273 e. The van der Waals surface area contributed by atoms with Crippen LogP contribution in [0, 0.1) is 5.82 Å². The number of amides is 1. The highest BCUT2D eigenvalue weighted by atomic mass is 35.5. The molecule has 1 amide bonds. The third kappa shape index (κ3) is 4.03. The molecule has 1 aliphatic heterocycles. The molecule has 4 nitrogen and oxygen atoms in total. The molecule has 1 aromatic heterocycles. The Morgan fingerprint density at radius 1 is 1.21 bits per heavy atom. The number of carbonyl (C=O) groups is 1. The van der Waals surface area contributed by atoms with Gasteiger partial charge in [0.2, 0.25) is 0 Å². The van der Waals surface area contributed by atoms with Gasteiger partial charge in [0.15, 0.2) is 0 Å². The van der Waals surface area contributed by atoms with Crippen LogP contribution in [0.25, 0.3) is 10.6 Å². The van der Waals surface area contributed by atoms with Crippen molar-refractivity contribution in [2.45, 2.75) is 19.4 Å². The summed E-state index contributed by atoms with van der Waals surface area (Å²) in [7, 11) is 0. The molecular formula is C21H18ClFN2O2S. The summed E-state index contributed by atoms with van der Waals surface area (Å²) in [6.45, 7) is 1.70. The second kappa shape index (κ2) is 8.29. The first-order valence-electron chi connectivity index (χ1n) is 9.03. The normalized spacial score (nSPS) is 13.7. The maximum absolute atomic E-state index is 13.7. The standard InChI is InChI=1S/C21H18ClFN2O2S/c22-17-11-15(27-12-14-5-1-2-6-18(14)23)7-8-16(17)20-24-19(13-28-20)21(26)25-9-3-4-10-25/h1-2,5-8,11,13H,3-4,9-10,12H2. The lowest BCUT2D eigenvalue weighted by Crippen LogP contribution is -2.27. The third-order valence-electron chi connectivity index (χ3n) is 4.64. The van der Waals surface area contributed by atoms with Crippen molar-refractivity contribution in [3.8, 4) is 16.3 Å². The summed E-state index contributed by atoms with van der Waals surface area (Å²) in [5, 5.41) is 2.93. The van der Waals surface area contributed by atoms with Gasteiger partial charge in [0.25, 0.3) is 5.91 Å². The molecule has 4 rings (SSSR count). The first kappa shape index (κ1) is 18.9. The summed E-state index contributed by atoms with van der Waals surface area (Å²) < 4.78 is 19.3. The maximum atomic E-state index is 13.7. The molecule has 144 valence electrons. The highest BCUT2D eigenvalue weighted by Crippen LogP contribution is 2.33. The van der Waals surface area contributed by atoms with Crippen molar-refractivity contribution < 1.29 is 13.9 Å². The van der Waals surface area contributed by atoms with Gasteiger partial charge < -0.3 is 9.64 Å². The Balaban J connectivity index is 1.47. The molecule has 2 aromatic carbocycles. The van der Waals surface area contributed by atoms with Gasteiger partial charge in [0.1, 0.15) is 28.9 Å². The first-order valence-corrected chi connectivity index (χ1v) is 10.3. The summed E-state index contributed by atoms with van der Waals surface area (Å²) in [6.07, 6.45) is 2.09. The average molecular weight is 417 g/mol. The number of halogens is 2. The SMILES string of the molecule is O=C(c1csc(-c2ccc(OCc3ccccc3F)cc2Cl)n1)N1CCCC1. The van der Waals surface area contributed by atoms with E-state index in [1.807, 2.05) is 11.0 Å². The van der Waals surface area contributed by atoms with Crippen molar-refractivity contribution in [3.63, 3.8) is 0 Å². The van der Waals surface area contributed by atoms with Crippen LogP contribution in [-0.2, 0) is 6.61 Å². The Bertz CT molecular complexity index is 1000. The molecule has 0 bridgehead atoms. The number of benzene rings is 2. The molecule has 0 radical (unpaired) electrons. The van der Waals surface area contributed by atoms with Gasteiger partial charge in [0, 0.05) is 29.6 Å². The van der Waals surface area contributed by atoms with Crippen molar-refractivity contribution in [1.29, 1.82) is 0 Å². The van der Waals surface area contributed by atoms with Crippen LogP contribution in [-0.4, -0.2) is 28.9 Å². The minimum Gasteiger partial charge on any atom is -0.489 e. The van der Waals surface area contributed by atoms with Gasteiger partial charge in [-0.05, 0) is 37.1 Å². The monoisotopic (exact) mass is 416 g/mol. The Hall–Kier alpha value is -2.44. The quantitative estimate of drug-likeness (QED) is 0.557. The van der Waals surface area contributed by atoms with Crippen LogP contribution in [0.2, 0.25) is 5.02 Å². The highest BCUT2D eigenvalue weighted by Gasteiger charge is 2.22. The van der Waals surface area contributed by atoms with Crippen molar-refractivity contribution in [2.24, 2.45) is 0 Å². The van der Waals surface area contributed by atoms with Crippen molar-refractivity contribution in [2.75, 3.05) is 13.1 Å². The second-order valence-corrected chi connectivity index (χ2v) is 7.82. The molecule has 0 N–H and O–H groups in total. The summed E-state index contributed by atoms with van der Waals surface area (Å²) in [5.74, 6) is 0.214. The third-order valence-corrected chi connectivity index (χ3v) is 5.83. The molecule has 0 spiro atoms. The summed E-state index contributed by atoms with van der Waals surface area (Å²) in [5.41, 5.74) is 1.68. The van der Waals surface area contributed by atoms with Crippen LogP contribution in [0.5, 0.6) is 5.75 Å². The molecule has 0 atom stereocenters. The molecule has 7 heteroatoms. The fourth-order valence-electron chi connectivity index (χ4n) is 3.11. The van der Waals surface area contributed by atoms with E-state index < -0.39 is 0 Å². The number of thiazole rings is 1. The number of likely N-dealkylation sites (tertiary alicyclic amines) is 1. The van der Waals surface area contributed by atoms with Crippen molar-refractivity contribution >= 4 is 28.8 Å². The number of aromatic nitrogens is 1. The summed E-state index contributed by atoms with van der Waals surface area (Å²) in [6, 6.07) is 11.7. The molecule has 28 heavy (non-hydrogen) atoms. The van der Waals surface area contributed by atoms with Crippen LogP contribution in [0.3, 0.4) is 0 Å². The first-order chi connectivity index (χ1) is 13.6. The molecular weight excluding hydrogens is 399 g/mol. The second-order valence-electron chi connectivity index (χ2n) is 6.56. The van der Waals surface area contributed by atoms with E-state index in [2.05, 4.69) is 4.98 Å². The predicted molar refractivity (Wildman–Crippen MR) is 108 cm³/mol. The Morgan fingerprint density at radius 2 is 2.00 bits per heavy atom. The van der Waals surface area contributed by atoms with Crippen LogP contribution in [0.4, 0.5) is 4.39 Å². The molecule has 1 aliphatic rings. The van der Waals surface area contributed by atoms with Crippen molar-refractivity contribution in [1.82, 2.24) is 9.88 Å². The van der Waals surface area contributed by atoms with Gasteiger partial charge in [-0.2, -0.15) is 0 Å². The van der Waals surface area contributed by atoms with Gasteiger partial charge in [-0.1, -0.05) is 29.8 Å². The predicted octanol–water partition coefficient (Wildman–Crippen LogP) is 5.42. The van der Waals surface area contributed by atoms with Gasteiger partial charge in [-0.25, -0.2) is 9.37 Å². The van der Waals surface area contributed by atoms with Gasteiger partial charge >= 0.3 is 0 Å². The zero-order valence-corrected chi connectivity index (χ0v) is 16.6. The zero-order valence-electron chi connectivity index (χ0n) is 15.0. The number of carbonyl (C=O) groups excluding carboxylic acids is 1. The largest absolute Gasteiger partial charge is 0.489 e. The molecule has 2 heterocycles. The fourth-order valence-corrected chi connectivity index (χ4v) is 4.26. The van der Waals surface area contributed by atoms with Crippen LogP contribution < -0.4 is 4.74 Å². The molecule has 1 saturated heterocycles. The van der Waals surface area contributed by atoms with E-state index in [0.717, 1.165) is 31.5 Å². The number of hydrogen-bond acceptors (Lipinski definition) is 4. The Morgan fingerprint density at radius 3 is 2.75 bits per heavy atom. The van der Waals surface area contributed by atoms with E-state index in [4.69, 9.17) is 16.3 Å². The van der Waals surface area contributed by atoms with Gasteiger partial charge in [-0.3, -0.25) is 4.79 Å². The van der Waals surface area contributed by atoms with Crippen LogP contribution in [0.15, 0.2) is 47.8 Å². The van der Waals surface area contributed by atoms with Gasteiger partial charge in [-0.15, -0.1) is 11.3 Å². The Labute approximate surface area is 171 Å². The van der Waals surface area contributed by atoms with Crippen molar-refractivity contribution in [3.05, 3.63) is 69.9 Å². The lowest BCUT2D eigenvalue weighted by Gasteiger charge is -2.12. The molecule has 3 aromatic rings. The van der Waals surface area contributed by atoms with Crippen LogP contribution in [0.1, 0.15) is 28.9 Å². The minimum absolute atomic E-state index is 0.0269. The highest BCUT2D eigenvalue weighted by molar-refractivity contribution is 7.13. The van der Waals surface area contributed by atoms with Gasteiger partial charge in [0.05, 0.1) is 5.02 Å². The van der Waals surface area contributed by atoms with E-state index in [1.54, 1.807) is 35.7 Å². The minimum atomic E-state index is -0.303. The maximum Gasteiger partial charge on any atom is 0.273 e. The number of ether oxygens (including phenoxy) is 1. The molecule has 0 saturated carbocycles. The van der Waals surface area contributed by atoms with E-state index >= 15 is 0 Å². The molecule has 0 aliphatic carbocycles. The number of hydrogen-bond donors (Lipinski definition) is 0. The molecule has 1 fully saturated rings. The fraction of sp³-hybridized carbons (Fsp3) is 0.238.